The van der Waals surface area contributed by atoms with E-state index in [2.05, 4.69) is 15.9 Å². The number of hydrogen-bond donors (Lipinski definition) is 1. The number of rotatable bonds is 3. The number of sulfonamides is 1. The first kappa shape index (κ1) is 19.6. The van der Waals surface area contributed by atoms with Gasteiger partial charge in [0.2, 0.25) is 0 Å². The standard InChI is InChI=1S/C19H11N3O3S5/c23-18-15(10-11-7-8-14(28-11)13-5-3-9-27-13)29-19(26)22(18)20-17-12-4-1-2-6-16(12)30(24,25)21-17/h1-10H,(H,20,21)/b15-10-. The topological polar surface area (TPSA) is 78.8 Å². The fourth-order valence-electron chi connectivity index (χ4n) is 2.97. The summed E-state index contributed by atoms with van der Waals surface area (Å²) < 4.78 is 28.5. The van der Waals surface area contributed by atoms with Gasteiger partial charge in [-0.3, -0.25) is 10.2 Å². The Balaban J connectivity index is 1.40. The molecule has 0 unspecified atom stereocenters. The number of nitrogens with zero attached hydrogens (tertiary/aromatic N) is 2. The summed E-state index contributed by atoms with van der Waals surface area (Å²) in [5, 5.41) is 3.19. The summed E-state index contributed by atoms with van der Waals surface area (Å²) in [5.74, 6) is -0.264. The number of thiocarbonyl (C=S) groups is 1. The van der Waals surface area contributed by atoms with Gasteiger partial charge in [-0.1, -0.05) is 30.0 Å². The molecule has 4 heterocycles. The van der Waals surface area contributed by atoms with Gasteiger partial charge in [0.05, 0.1) is 4.91 Å². The summed E-state index contributed by atoms with van der Waals surface area (Å²) in [6.45, 7) is 0. The van der Waals surface area contributed by atoms with E-state index in [0.717, 1.165) is 26.5 Å². The molecule has 0 saturated carbocycles. The van der Waals surface area contributed by atoms with Crippen LogP contribution in [0.25, 0.3) is 15.8 Å². The van der Waals surface area contributed by atoms with Crippen molar-refractivity contribution in [2.24, 2.45) is 4.40 Å². The average Bonchev–Trinajstić information content (AvgIpc) is 3.48. The van der Waals surface area contributed by atoms with E-state index in [1.54, 1.807) is 46.9 Å². The van der Waals surface area contributed by atoms with Crippen LogP contribution in [-0.4, -0.2) is 29.5 Å². The molecular weight excluding hydrogens is 479 g/mol. The maximum Gasteiger partial charge on any atom is 0.285 e. The molecule has 1 amide bonds. The summed E-state index contributed by atoms with van der Waals surface area (Å²) in [6, 6.07) is 14.5. The minimum absolute atomic E-state index is 0.0826. The molecule has 5 rings (SSSR count). The Morgan fingerprint density at radius 1 is 1.07 bits per heavy atom. The normalized spacial score (nSPS) is 18.7. The second-order valence-corrected chi connectivity index (χ2v) is 11.5. The number of nitrogens with one attached hydrogen (secondary N) is 1. The number of carbonyl (C=O) groups excluding carboxylic acids is 1. The van der Waals surface area contributed by atoms with Gasteiger partial charge in [-0.15, -0.1) is 27.1 Å². The number of amidine groups is 1. The molecule has 30 heavy (non-hydrogen) atoms. The number of benzene rings is 1. The quantitative estimate of drug-likeness (QED) is 0.436. The lowest BCUT2D eigenvalue weighted by Gasteiger charge is -2.16. The number of amides is 1. The largest absolute Gasteiger partial charge is 0.285 e. The third kappa shape index (κ3) is 3.42. The second kappa shape index (κ2) is 7.43. The van der Waals surface area contributed by atoms with Crippen molar-refractivity contribution >= 4 is 78.8 Å². The van der Waals surface area contributed by atoms with E-state index >= 15 is 0 Å². The fourth-order valence-corrected chi connectivity index (χ4v) is 7.17. The molecule has 3 aromatic rings. The summed E-state index contributed by atoms with van der Waals surface area (Å²) in [5.41, 5.74) is 3.20. The summed E-state index contributed by atoms with van der Waals surface area (Å²) in [7, 11) is -3.79. The van der Waals surface area contributed by atoms with Crippen LogP contribution < -0.4 is 5.43 Å². The molecule has 2 aliphatic rings. The Bertz CT molecular complexity index is 1350. The molecule has 1 saturated heterocycles. The lowest BCUT2D eigenvalue weighted by molar-refractivity contribution is -0.123. The molecule has 0 aliphatic carbocycles. The van der Waals surface area contributed by atoms with Crippen molar-refractivity contribution in [1.29, 1.82) is 0 Å². The van der Waals surface area contributed by atoms with Crippen LogP contribution in [0.1, 0.15) is 10.4 Å². The van der Waals surface area contributed by atoms with E-state index in [4.69, 9.17) is 12.2 Å². The molecular formula is C19H11N3O3S5. The van der Waals surface area contributed by atoms with Gasteiger partial charge in [0.25, 0.3) is 15.9 Å². The van der Waals surface area contributed by atoms with E-state index in [1.807, 2.05) is 23.6 Å². The molecule has 0 radical (unpaired) electrons. The number of carbonyl (C=O) groups is 1. The van der Waals surface area contributed by atoms with Crippen molar-refractivity contribution in [2.75, 3.05) is 0 Å². The van der Waals surface area contributed by atoms with Gasteiger partial charge in [-0.2, -0.15) is 13.4 Å². The van der Waals surface area contributed by atoms with Crippen molar-refractivity contribution in [3.63, 3.8) is 0 Å². The van der Waals surface area contributed by atoms with Crippen LogP contribution in [0.5, 0.6) is 0 Å². The Morgan fingerprint density at radius 3 is 2.70 bits per heavy atom. The summed E-state index contributed by atoms with van der Waals surface area (Å²) >= 11 is 9.75. The minimum atomic E-state index is -3.79. The SMILES string of the molecule is O=C1/C(=C/c2ccc(-c3cccs3)s2)SC(=S)N1NC1=NS(=O)(=O)c2ccccc21. The summed E-state index contributed by atoms with van der Waals surface area (Å²) in [4.78, 5) is 16.7. The van der Waals surface area contributed by atoms with Crippen molar-refractivity contribution in [1.82, 2.24) is 10.4 Å². The molecule has 1 aromatic carbocycles. The van der Waals surface area contributed by atoms with Gasteiger partial charge in [0.15, 0.2) is 10.2 Å². The minimum Gasteiger partial charge on any atom is -0.272 e. The zero-order valence-electron chi connectivity index (χ0n) is 14.9. The van der Waals surface area contributed by atoms with Crippen LogP contribution in [0.2, 0.25) is 0 Å². The second-order valence-electron chi connectivity index (χ2n) is 6.22. The van der Waals surface area contributed by atoms with Crippen molar-refractivity contribution < 1.29 is 13.2 Å². The number of thiophene rings is 2. The van der Waals surface area contributed by atoms with Crippen LogP contribution in [0, 0.1) is 0 Å². The van der Waals surface area contributed by atoms with Gasteiger partial charge < -0.3 is 0 Å². The smallest absolute Gasteiger partial charge is 0.272 e. The first-order valence-corrected chi connectivity index (χ1v) is 12.9. The highest BCUT2D eigenvalue weighted by Crippen LogP contribution is 2.36. The third-order valence-electron chi connectivity index (χ3n) is 4.31. The van der Waals surface area contributed by atoms with Crippen LogP contribution in [0.3, 0.4) is 0 Å². The molecule has 2 aliphatic heterocycles. The molecule has 150 valence electrons. The van der Waals surface area contributed by atoms with Crippen molar-refractivity contribution in [2.45, 2.75) is 4.90 Å². The Hall–Kier alpha value is -2.31. The Morgan fingerprint density at radius 2 is 1.90 bits per heavy atom. The van der Waals surface area contributed by atoms with Gasteiger partial charge in [0, 0.05) is 20.2 Å². The predicted molar refractivity (Wildman–Crippen MR) is 126 cm³/mol. The van der Waals surface area contributed by atoms with E-state index in [9.17, 15) is 13.2 Å². The fraction of sp³-hybridized carbons (Fsp3) is 0. The number of thioether (sulfide) groups is 1. The van der Waals surface area contributed by atoms with Crippen LogP contribution in [0.15, 0.2) is 68.1 Å². The van der Waals surface area contributed by atoms with Crippen LogP contribution >= 0.6 is 46.7 Å². The molecule has 11 heteroatoms. The van der Waals surface area contributed by atoms with E-state index in [0.29, 0.717) is 10.5 Å². The summed E-state index contributed by atoms with van der Waals surface area (Å²) in [6.07, 6.45) is 1.80. The highest BCUT2D eigenvalue weighted by molar-refractivity contribution is 8.26. The Kier molecular flexibility index (Phi) is 4.86. The first-order valence-electron chi connectivity index (χ1n) is 8.55. The molecule has 0 spiro atoms. The molecule has 1 N–H and O–H groups in total. The van der Waals surface area contributed by atoms with Gasteiger partial charge in [-0.25, -0.2) is 0 Å². The van der Waals surface area contributed by atoms with E-state index in [-0.39, 0.29) is 21.0 Å². The van der Waals surface area contributed by atoms with Gasteiger partial charge in [0.1, 0.15) is 4.90 Å². The maximum absolute atomic E-state index is 12.9. The third-order valence-corrected chi connectivity index (χ3v) is 9.04. The number of hydrogen-bond acceptors (Lipinski definition) is 8. The number of hydrazine groups is 1. The number of fused-ring (bicyclic) bond motifs is 1. The average molecular weight is 490 g/mol. The first-order chi connectivity index (χ1) is 14.4. The zero-order chi connectivity index (χ0) is 20.9. The molecule has 6 nitrogen and oxygen atoms in total. The molecule has 0 atom stereocenters. The lowest BCUT2D eigenvalue weighted by atomic mass is 10.2. The predicted octanol–water partition coefficient (Wildman–Crippen LogP) is 4.33. The lowest BCUT2D eigenvalue weighted by Crippen LogP contribution is -2.44. The van der Waals surface area contributed by atoms with Crippen LogP contribution in [0.4, 0.5) is 0 Å². The molecule has 2 aromatic heterocycles. The maximum atomic E-state index is 12.9. The molecule has 0 bridgehead atoms. The van der Waals surface area contributed by atoms with Gasteiger partial charge >= 0.3 is 0 Å². The highest BCUT2D eigenvalue weighted by Gasteiger charge is 2.36. The van der Waals surface area contributed by atoms with Crippen molar-refractivity contribution in [3.8, 4) is 9.75 Å². The van der Waals surface area contributed by atoms with Crippen molar-refractivity contribution in [3.05, 3.63) is 69.3 Å². The van der Waals surface area contributed by atoms with Gasteiger partial charge in [-0.05, 0) is 54.0 Å². The highest BCUT2D eigenvalue weighted by atomic mass is 32.2. The van der Waals surface area contributed by atoms with Crippen LogP contribution in [-0.2, 0) is 14.8 Å². The molecule has 1 fully saturated rings. The Labute approximate surface area is 190 Å². The van der Waals surface area contributed by atoms with E-state index < -0.39 is 10.0 Å². The zero-order valence-corrected chi connectivity index (χ0v) is 19.0. The van der Waals surface area contributed by atoms with E-state index in [1.165, 1.54) is 10.9 Å². The monoisotopic (exact) mass is 489 g/mol.